The number of hydrogen-bond donors (Lipinski definition) is 0. The van der Waals surface area contributed by atoms with Gasteiger partial charge in [-0.25, -0.2) is 23.2 Å². The highest BCUT2D eigenvalue weighted by Crippen LogP contribution is 2.11. The molecule has 0 heterocycles. The van der Waals surface area contributed by atoms with Gasteiger partial charge in [-0.3, -0.25) is 0 Å². The summed E-state index contributed by atoms with van der Waals surface area (Å²) in [4.78, 5) is 0. The molecule has 11 heavy (non-hydrogen) atoms. The highest BCUT2D eigenvalue weighted by Gasteiger charge is 1.91. The van der Waals surface area contributed by atoms with Gasteiger partial charge in [0.05, 0.1) is 0 Å². The van der Waals surface area contributed by atoms with E-state index in [-0.39, 0.29) is 0 Å². The molecule has 1 radical (unpaired) electrons. The zero-order valence-corrected chi connectivity index (χ0v) is 9.27. The number of rotatable bonds is 8. The quantitative estimate of drug-likeness (QED) is 0.422. The molecule has 65 valence electrons. The van der Waals surface area contributed by atoms with Crippen molar-refractivity contribution in [3.63, 3.8) is 0 Å². The fraction of sp³-hybridized carbons (Fsp3) is 1.00. The van der Waals surface area contributed by atoms with Crippen LogP contribution in [-0.4, -0.2) is 17.3 Å². The van der Waals surface area contributed by atoms with Crippen LogP contribution >= 0.6 is 23.2 Å². The first-order chi connectivity index (χ1) is 5.41. The van der Waals surface area contributed by atoms with Crippen LogP contribution < -0.4 is 0 Å². The molecule has 0 aromatic carbocycles. The third-order valence-electron chi connectivity index (χ3n) is 1.37. The van der Waals surface area contributed by atoms with Crippen molar-refractivity contribution in [2.75, 3.05) is 11.5 Å². The summed E-state index contributed by atoms with van der Waals surface area (Å²) < 4.78 is 0. The van der Waals surface area contributed by atoms with Crippen molar-refractivity contribution in [1.82, 2.24) is 0 Å². The lowest BCUT2D eigenvalue weighted by molar-refractivity contribution is 0.898. The highest BCUT2D eigenvalue weighted by atomic mass is 32.2. The van der Waals surface area contributed by atoms with E-state index in [1.165, 1.54) is 37.2 Å². The van der Waals surface area contributed by atoms with Gasteiger partial charge in [0.25, 0.3) is 5.84 Å². The molecular weight excluding hydrogens is 171 g/mol. The van der Waals surface area contributed by atoms with Gasteiger partial charge in [-0.1, -0.05) is 26.7 Å². The predicted octanol–water partition coefficient (Wildman–Crippen LogP) is 3.59. The van der Waals surface area contributed by atoms with Gasteiger partial charge in [0, 0.05) is 0 Å². The zero-order chi connectivity index (χ0) is 8.36. The minimum atomic E-state index is 1.30. The largest absolute Gasteiger partial charge is 0.267 e. The average Bonchev–Trinajstić information content (AvgIpc) is 2.03. The van der Waals surface area contributed by atoms with Gasteiger partial charge in [0.15, 0.2) is 0 Å². The van der Waals surface area contributed by atoms with E-state index in [4.69, 9.17) is 0 Å². The summed E-state index contributed by atoms with van der Waals surface area (Å²) in [6, 6.07) is 0. The SMILES string of the molecule is CCCCS[B]SCCCC. The molecule has 0 atom stereocenters. The molecule has 0 aliphatic heterocycles. The Morgan fingerprint density at radius 2 is 1.36 bits per heavy atom. The van der Waals surface area contributed by atoms with Crippen molar-refractivity contribution >= 4 is 29.1 Å². The van der Waals surface area contributed by atoms with E-state index in [9.17, 15) is 0 Å². The Kier molecular flexibility index (Phi) is 11.5. The van der Waals surface area contributed by atoms with E-state index in [1.54, 1.807) is 0 Å². The highest BCUT2D eigenvalue weighted by molar-refractivity contribution is 8.50. The smallest absolute Gasteiger partial charge is 0.202 e. The molecule has 0 N–H and O–H groups in total. The molecule has 0 saturated heterocycles. The lowest BCUT2D eigenvalue weighted by atomic mass is 10.4. The topological polar surface area (TPSA) is 0 Å². The van der Waals surface area contributed by atoms with Crippen LogP contribution in [0.25, 0.3) is 0 Å². The minimum absolute atomic E-state index is 1.30. The van der Waals surface area contributed by atoms with Crippen LogP contribution in [0.5, 0.6) is 0 Å². The second-order valence-corrected chi connectivity index (χ2v) is 4.80. The van der Waals surface area contributed by atoms with E-state index < -0.39 is 0 Å². The monoisotopic (exact) mass is 189 g/mol. The molecule has 0 bridgehead atoms. The summed E-state index contributed by atoms with van der Waals surface area (Å²) in [5, 5.41) is 0. The third kappa shape index (κ3) is 10.8. The van der Waals surface area contributed by atoms with E-state index in [1.807, 2.05) is 23.2 Å². The minimum Gasteiger partial charge on any atom is -0.202 e. The second-order valence-electron chi connectivity index (χ2n) is 2.54. The van der Waals surface area contributed by atoms with Crippen LogP contribution in [0.4, 0.5) is 0 Å². The number of hydrogen-bond acceptors (Lipinski definition) is 2. The normalized spacial score (nSPS) is 10.0. The Balaban J connectivity index is 2.69. The summed E-state index contributed by atoms with van der Waals surface area (Å²) in [6.45, 7) is 4.48. The van der Waals surface area contributed by atoms with Crippen LogP contribution in [0.2, 0.25) is 0 Å². The Bertz CT molecular complexity index is 61.1. The maximum absolute atomic E-state index is 2.30. The molecule has 0 aliphatic rings. The van der Waals surface area contributed by atoms with Crippen molar-refractivity contribution in [1.29, 1.82) is 0 Å². The molecule has 0 amide bonds. The van der Waals surface area contributed by atoms with Gasteiger partial charge >= 0.3 is 0 Å². The molecule has 0 fully saturated rings. The van der Waals surface area contributed by atoms with Crippen LogP contribution in [0.15, 0.2) is 0 Å². The lowest BCUT2D eigenvalue weighted by Crippen LogP contribution is -1.85. The van der Waals surface area contributed by atoms with E-state index in [0.29, 0.717) is 0 Å². The molecule has 0 aromatic heterocycles. The fourth-order valence-corrected chi connectivity index (χ4v) is 2.67. The van der Waals surface area contributed by atoms with Crippen molar-refractivity contribution in [3.05, 3.63) is 0 Å². The molecular formula is C8H18BS2. The van der Waals surface area contributed by atoms with Gasteiger partial charge in [-0.05, 0) is 24.3 Å². The molecule has 0 aromatic rings. The average molecular weight is 189 g/mol. The fourth-order valence-electron chi connectivity index (χ4n) is 0.600. The van der Waals surface area contributed by atoms with Crippen molar-refractivity contribution in [3.8, 4) is 0 Å². The van der Waals surface area contributed by atoms with Gasteiger partial charge < -0.3 is 0 Å². The Morgan fingerprint density at radius 3 is 1.73 bits per heavy atom. The van der Waals surface area contributed by atoms with Crippen LogP contribution in [-0.2, 0) is 0 Å². The molecule has 0 spiro atoms. The predicted molar refractivity (Wildman–Crippen MR) is 60.5 cm³/mol. The van der Waals surface area contributed by atoms with E-state index in [2.05, 4.69) is 19.7 Å². The van der Waals surface area contributed by atoms with Crippen LogP contribution in [0.3, 0.4) is 0 Å². The molecule has 0 aliphatic carbocycles. The van der Waals surface area contributed by atoms with E-state index in [0.717, 1.165) is 0 Å². The maximum Gasteiger partial charge on any atom is 0.267 e. The van der Waals surface area contributed by atoms with Crippen LogP contribution in [0.1, 0.15) is 39.5 Å². The zero-order valence-electron chi connectivity index (χ0n) is 7.64. The Morgan fingerprint density at radius 1 is 0.909 bits per heavy atom. The molecule has 0 unspecified atom stereocenters. The summed E-state index contributed by atoms with van der Waals surface area (Å²) in [5.74, 6) is 4.90. The van der Waals surface area contributed by atoms with Crippen LogP contribution in [0, 0.1) is 0 Å². The second kappa shape index (κ2) is 10.8. The third-order valence-corrected chi connectivity index (χ3v) is 3.50. The van der Waals surface area contributed by atoms with Gasteiger partial charge in [-0.2, -0.15) is 0 Å². The molecule has 0 saturated carbocycles. The first kappa shape index (κ1) is 11.8. The van der Waals surface area contributed by atoms with E-state index >= 15 is 0 Å². The summed E-state index contributed by atoms with van der Waals surface area (Å²) in [6.07, 6.45) is 5.35. The van der Waals surface area contributed by atoms with Crippen molar-refractivity contribution in [2.45, 2.75) is 39.5 Å². The molecule has 3 heteroatoms. The van der Waals surface area contributed by atoms with Gasteiger partial charge in [0.2, 0.25) is 0 Å². The first-order valence-corrected chi connectivity index (χ1v) is 6.56. The van der Waals surface area contributed by atoms with Gasteiger partial charge in [0.1, 0.15) is 0 Å². The maximum atomic E-state index is 2.30. The first-order valence-electron chi connectivity index (χ1n) is 4.46. The molecule has 0 rings (SSSR count). The lowest BCUT2D eigenvalue weighted by Gasteiger charge is -1.97. The number of unbranched alkanes of at least 4 members (excludes halogenated alkanes) is 2. The Labute approximate surface area is 80.3 Å². The van der Waals surface area contributed by atoms with Crippen molar-refractivity contribution < 1.29 is 0 Å². The summed E-state index contributed by atoms with van der Waals surface area (Å²) in [5.41, 5.74) is 0. The van der Waals surface area contributed by atoms with Gasteiger partial charge in [-0.15, -0.1) is 0 Å². The summed E-state index contributed by atoms with van der Waals surface area (Å²) in [7, 11) is 0. The van der Waals surface area contributed by atoms with Crippen molar-refractivity contribution in [2.24, 2.45) is 0 Å². The summed E-state index contributed by atoms with van der Waals surface area (Å²) >= 11 is 3.93. The Hall–Kier alpha value is 0.765. The standard InChI is InChI=1S/C8H18BS2/c1-3-5-7-10-9-11-8-6-4-2/h3-8H2,1-2H3. The molecule has 0 nitrogen and oxygen atoms in total.